The Balaban J connectivity index is 0.000000604. The molecule has 204 valence electrons. The van der Waals surface area contributed by atoms with Gasteiger partial charge in [-0.1, -0.05) is 48.0 Å². The van der Waals surface area contributed by atoms with Gasteiger partial charge in [-0.25, -0.2) is 13.2 Å². The van der Waals surface area contributed by atoms with Crippen molar-refractivity contribution in [3.63, 3.8) is 0 Å². The number of aliphatic carboxylic acids is 1. The predicted molar refractivity (Wildman–Crippen MR) is 133 cm³/mol. The molecule has 2 aromatic rings. The third-order valence-corrected chi connectivity index (χ3v) is 7.87. The van der Waals surface area contributed by atoms with Crippen molar-refractivity contribution in [1.29, 1.82) is 0 Å². The summed E-state index contributed by atoms with van der Waals surface area (Å²) >= 11 is 0. The van der Waals surface area contributed by atoms with E-state index in [4.69, 9.17) is 9.90 Å². The maximum Gasteiger partial charge on any atom is 0.490 e. The summed E-state index contributed by atoms with van der Waals surface area (Å²) in [5.41, 5.74) is 3.50. The number of aryl methyl sites for hydroxylation is 3. The largest absolute Gasteiger partial charge is 0.490 e. The van der Waals surface area contributed by atoms with Gasteiger partial charge in [-0.05, 0) is 43.9 Å². The second-order valence-corrected chi connectivity index (χ2v) is 10.6. The zero-order valence-electron chi connectivity index (χ0n) is 21.0. The highest BCUT2D eigenvalue weighted by Crippen LogP contribution is 2.26. The van der Waals surface area contributed by atoms with Crippen molar-refractivity contribution in [3.05, 3.63) is 64.7 Å². The van der Waals surface area contributed by atoms with E-state index in [0.29, 0.717) is 35.5 Å². The molecule has 0 aromatic heterocycles. The Morgan fingerprint density at radius 2 is 1.54 bits per heavy atom. The molecule has 0 spiro atoms. The van der Waals surface area contributed by atoms with Gasteiger partial charge < -0.3 is 15.3 Å². The van der Waals surface area contributed by atoms with Gasteiger partial charge >= 0.3 is 12.1 Å². The zero-order chi connectivity index (χ0) is 27.8. The Labute approximate surface area is 215 Å². The van der Waals surface area contributed by atoms with E-state index in [9.17, 15) is 26.4 Å². The Morgan fingerprint density at radius 3 is 2.03 bits per heavy atom. The lowest BCUT2D eigenvalue weighted by Gasteiger charge is -2.30. The number of carbonyl (C=O) groups is 2. The number of benzene rings is 2. The Morgan fingerprint density at radius 1 is 1.03 bits per heavy atom. The fourth-order valence-corrected chi connectivity index (χ4v) is 5.85. The number of alkyl halides is 3. The Kier molecular flexibility index (Phi) is 10.6. The van der Waals surface area contributed by atoms with Gasteiger partial charge in [0, 0.05) is 32.7 Å². The van der Waals surface area contributed by atoms with E-state index in [2.05, 4.69) is 5.32 Å². The predicted octanol–water partition coefficient (Wildman–Crippen LogP) is 2.91. The summed E-state index contributed by atoms with van der Waals surface area (Å²) in [5, 5.41) is 10.3. The molecular weight excluding hydrogens is 511 g/mol. The second kappa shape index (κ2) is 13.0. The summed E-state index contributed by atoms with van der Waals surface area (Å²) in [7, 11) is -3.81. The minimum atomic E-state index is -5.08. The van der Waals surface area contributed by atoms with E-state index in [-0.39, 0.29) is 19.0 Å². The number of hydrogen-bond donors (Lipinski definition) is 2. The van der Waals surface area contributed by atoms with Gasteiger partial charge in [0.15, 0.2) is 0 Å². The highest BCUT2D eigenvalue weighted by atomic mass is 32.2. The molecule has 2 N–H and O–H groups in total. The van der Waals surface area contributed by atoms with Crippen LogP contribution < -0.4 is 5.32 Å². The molecular formula is C25H32F3N3O5S. The molecule has 0 aliphatic carbocycles. The van der Waals surface area contributed by atoms with Crippen LogP contribution in [0.1, 0.15) is 22.3 Å². The van der Waals surface area contributed by atoms with Crippen molar-refractivity contribution >= 4 is 21.9 Å². The third kappa shape index (κ3) is 8.83. The highest BCUT2D eigenvalue weighted by Gasteiger charge is 2.38. The smallest absolute Gasteiger partial charge is 0.475 e. The van der Waals surface area contributed by atoms with E-state index < -0.39 is 22.2 Å². The maximum absolute atomic E-state index is 13.7. The van der Waals surface area contributed by atoms with Gasteiger partial charge in [0.2, 0.25) is 15.9 Å². The Hall–Kier alpha value is -2.96. The summed E-state index contributed by atoms with van der Waals surface area (Å²) in [6.07, 6.45) is -4.53. The molecule has 0 unspecified atom stereocenters. The molecule has 1 aliphatic rings. The van der Waals surface area contributed by atoms with Crippen LogP contribution in [-0.2, 0) is 26.0 Å². The van der Waals surface area contributed by atoms with E-state index in [1.54, 1.807) is 4.90 Å². The van der Waals surface area contributed by atoms with Crippen LogP contribution in [0.25, 0.3) is 0 Å². The molecule has 1 heterocycles. The summed E-state index contributed by atoms with van der Waals surface area (Å²) in [6.45, 7) is 8.40. The standard InChI is InChI=1S/C23H31N3O3S.C2HF3O2/c1-18-15-19(2)23(20(3)16-18)30(28,29)26(12-9-21-7-5-4-6-8-21)17-22(27)25-13-10-24-11-14-25;3-2(4,5)1(6)7/h4-8,15-16,24H,9-14,17H2,1-3H3;(H,6,7). The molecule has 0 radical (unpaired) electrons. The Bertz CT molecular complexity index is 1160. The van der Waals surface area contributed by atoms with Gasteiger partial charge in [-0.3, -0.25) is 4.79 Å². The lowest BCUT2D eigenvalue weighted by Crippen LogP contribution is -2.50. The summed E-state index contributed by atoms with van der Waals surface area (Å²) in [6, 6.07) is 13.5. The molecule has 1 amide bonds. The average Bonchev–Trinajstić information content (AvgIpc) is 2.81. The van der Waals surface area contributed by atoms with Crippen LogP contribution in [0.2, 0.25) is 0 Å². The lowest BCUT2D eigenvalue weighted by atomic mass is 10.1. The molecule has 1 aliphatic heterocycles. The fraction of sp³-hybridized carbons (Fsp3) is 0.440. The first-order valence-corrected chi connectivity index (χ1v) is 13.1. The number of nitrogens with one attached hydrogen (secondary N) is 1. The van der Waals surface area contributed by atoms with Crippen LogP contribution in [0.5, 0.6) is 0 Å². The number of carboxylic acid groups (broad SMARTS) is 1. The summed E-state index contributed by atoms with van der Waals surface area (Å²) in [4.78, 5) is 23.9. The number of piperazine rings is 1. The zero-order valence-corrected chi connectivity index (χ0v) is 21.8. The first kappa shape index (κ1) is 30.3. The van der Waals surface area contributed by atoms with Gasteiger partial charge in [0.25, 0.3) is 0 Å². The first-order valence-electron chi connectivity index (χ1n) is 11.6. The van der Waals surface area contributed by atoms with Crippen molar-refractivity contribution in [2.45, 2.75) is 38.3 Å². The van der Waals surface area contributed by atoms with Crippen molar-refractivity contribution in [3.8, 4) is 0 Å². The number of halogens is 3. The number of rotatable bonds is 7. The van der Waals surface area contributed by atoms with Crippen molar-refractivity contribution in [2.75, 3.05) is 39.3 Å². The topological polar surface area (TPSA) is 107 Å². The molecule has 3 rings (SSSR count). The number of nitrogens with zero attached hydrogens (tertiary/aromatic N) is 2. The van der Waals surface area contributed by atoms with Crippen LogP contribution >= 0.6 is 0 Å². The van der Waals surface area contributed by atoms with Crippen LogP contribution in [0, 0.1) is 20.8 Å². The highest BCUT2D eigenvalue weighted by molar-refractivity contribution is 7.89. The average molecular weight is 544 g/mol. The molecule has 12 heteroatoms. The quantitative estimate of drug-likeness (QED) is 0.556. The third-order valence-electron chi connectivity index (χ3n) is 5.72. The minimum absolute atomic E-state index is 0.137. The number of carbonyl (C=O) groups excluding carboxylic acids is 1. The number of hydrogen-bond acceptors (Lipinski definition) is 5. The molecule has 1 saturated heterocycles. The number of sulfonamides is 1. The molecule has 0 saturated carbocycles. The molecule has 1 fully saturated rings. The normalized spacial score (nSPS) is 14.2. The van der Waals surface area contributed by atoms with E-state index in [0.717, 1.165) is 24.2 Å². The molecule has 8 nitrogen and oxygen atoms in total. The summed E-state index contributed by atoms with van der Waals surface area (Å²) < 4.78 is 60.4. The summed E-state index contributed by atoms with van der Waals surface area (Å²) in [5.74, 6) is -2.90. The lowest BCUT2D eigenvalue weighted by molar-refractivity contribution is -0.192. The monoisotopic (exact) mass is 543 g/mol. The van der Waals surface area contributed by atoms with Crippen LogP contribution in [0.15, 0.2) is 47.4 Å². The number of carboxylic acids is 1. The van der Waals surface area contributed by atoms with Crippen LogP contribution in [-0.4, -0.2) is 80.1 Å². The molecule has 0 atom stereocenters. The van der Waals surface area contributed by atoms with Crippen molar-refractivity contribution < 1.29 is 36.3 Å². The van der Waals surface area contributed by atoms with Crippen LogP contribution in [0.3, 0.4) is 0 Å². The van der Waals surface area contributed by atoms with Gasteiger partial charge in [-0.15, -0.1) is 0 Å². The second-order valence-electron chi connectivity index (χ2n) is 8.74. The first-order chi connectivity index (χ1) is 17.2. The maximum atomic E-state index is 13.7. The van der Waals surface area contributed by atoms with E-state index in [1.165, 1.54) is 4.31 Å². The van der Waals surface area contributed by atoms with Crippen molar-refractivity contribution in [1.82, 2.24) is 14.5 Å². The van der Waals surface area contributed by atoms with Gasteiger partial charge in [-0.2, -0.15) is 17.5 Å². The van der Waals surface area contributed by atoms with E-state index >= 15 is 0 Å². The molecule has 0 bridgehead atoms. The minimum Gasteiger partial charge on any atom is -0.475 e. The SMILES string of the molecule is Cc1cc(C)c(S(=O)(=O)N(CCc2ccccc2)CC(=O)N2CCNCC2)c(C)c1.O=C(O)C(F)(F)F. The number of amides is 1. The van der Waals surface area contributed by atoms with Crippen molar-refractivity contribution in [2.24, 2.45) is 0 Å². The molecule has 2 aromatic carbocycles. The van der Waals surface area contributed by atoms with Crippen LogP contribution in [0.4, 0.5) is 13.2 Å². The van der Waals surface area contributed by atoms with Gasteiger partial charge in [0.05, 0.1) is 11.4 Å². The van der Waals surface area contributed by atoms with E-state index in [1.807, 2.05) is 63.2 Å². The molecule has 37 heavy (non-hydrogen) atoms. The van der Waals surface area contributed by atoms with Gasteiger partial charge in [0.1, 0.15) is 0 Å². The fourth-order valence-electron chi connectivity index (χ4n) is 4.05.